The highest BCUT2D eigenvalue weighted by atomic mass is 16.6. The highest BCUT2D eigenvalue weighted by Crippen LogP contribution is 2.25. The third-order valence-electron chi connectivity index (χ3n) is 16.3. The third-order valence-corrected chi connectivity index (χ3v) is 16.3. The predicted octanol–water partition coefficient (Wildman–Crippen LogP) is 20.7. The van der Waals surface area contributed by atoms with Crippen molar-refractivity contribution in [2.75, 3.05) is 26.4 Å². The molecule has 1 aliphatic heterocycles. The van der Waals surface area contributed by atoms with Crippen LogP contribution in [0.1, 0.15) is 360 Å². The van der Waals surface area contributed by atoms with E-state index in [1.54, 1.807) is 0 Å². The molecule has 72 heavy (non-hydrogen) atoms. The molecule has 0 radical (unpaired) electrons. The van der Waals surface area contributed by atoms with Gasteiger partial charge in [0.2, 0.25) is 0 Å². The number of hydrogen-bond donors (Lipinski definition) is 2. The molecule has 1 saturated heterocycles. The number of unbranched alkanes of at least 4 members (excludes halogenated alkanes) is 51. The first-order chi connectivity index (χ1) is 35.6. The van der Waals surface area contributed by atoms with Crippen molar-refractivity contribution in [3.05, 3.63) is 12.2 Å². The van der Waals surface area contributed by atoms with Gasteiger partial charge in [-0.05, 0) is 32.1 Å². The van der Waals surface area contributed by atoms with Gasteiger partial charge in [-0.15, -0.1) is 0 Å². The van der Waals surface area contributed by atoms with Gasteiger partial charge in [-0.25, -0.2) is 0 Å². The van der Waals surface area contributed by atoms with E-state index in [1.807, 2.05) is 0 Å². The van der Waals surface area contributed by atoms with Crippen LogP contribution in [0.2, 0.25) is 0 Å². The van der Waals surface area contributed by atoms with Crippen molar-refractivity contribution in [2.45, 2.75) is 360 Å². The van der Waals surface area contributed by atoms with Gasteiger partial charge in [-0.1, -0.05) is 334 Å². The SMILES string of the molecule is CCCCCCCCCCCCCCCCCCCCCCCCCCCCCCCCCCCCCCCCCCCCCCCCC/C=C/CCCCCCC1CC(=O)OCC(CO)(CO)COC1=O. The summed E-state index contributed by atoms with van der Waals surface area (Å²) >= 11 is 0. The summed E-state index contributed by atoms with van der Waals surface area (Å²) < 4.78 is 10.6. The number of carbonyl (C=O) groups excluding carboxylic acids is 2. The number of carbonyl (C=O) groups is 2. The average molecular weight is 1020 g/mol. The van der Waals surface area contributed by atoms with E-state index in [9.17, 15) is 19.8 Å². The average Bonchev–Trinajstić information content (AvgIpc) is 3.45. The Kier molecular flexibility index (Phi) is 53.2. The molecule has 0 amide bonds. The fraction of sp³-hybridized carbons (Fsp3) is 0.939. The number of hydrogen-bond acceptors (Lipinski definition) is 6. The molecule has 1 heterocycles. The molecule has 0 aliphatic carbocycles. The Balaban J connectivity index is 1.68. The zero-order valence-electron chi connectivity index (χ0n) is 48.5. The summed E-state index contributed by atoms with van der Waals surface area (Å²) in [6, 6.07) is 0. The van der Waals surface area contributed by atoms with Gasteiger partial charge in [0.25, 0.3) is 0 Å². The molecular formula is C66H126O6. The lowest BCUT2D eigenvalue weighted by molar-refractivity contribution is -0.155. The molecule has 1 atom stereocenters. The fourth-order valence-electron chi connectivity index (χ4n) is 10.9. The number of cyclic esters (lactones) is 2. The van der Waals surface area contributed by atoms with Crippen LogP contribution in [0.15, 0.2) is 12.2 Å². The second-order valence-electron chi connectivity index (χ2n) is 23.5. The number of allylic oxidation sites excluding steroid dienone is 2. The van der Waals surface area contributed by atoms with Crippen LogP contribution in [0, 0.1) is 11.3 Å². The zero-order valence-corrected chi connectivity index (χ0v) is 48.5. The quantitative estimate of drug-likeness (QED) is 0.0358. The van der Waals surface area contributed by atoms with Crippen LogP contribution in [-0.2, 0) is 19.1 Å². The van der Waals surface area contributed by atoms with E-state index >= 15 is 0 Å². The minimum atomic E-state index is -1.13. The maximum absolute atomic E-state index is 12.5. The Morgan fingerprint density at radius 1 is 0.361 bits per heavy atom. The Labute approximate surface area is 449 Å². The molecule has 6 nitrogen and oxygen atoms in total. The van der Waals surface area contributed by atoms with Crippen LogP contribution >= 0.6 is 0 Å². The molecule has 0 aromatic heterocycles. The van der Waals surface area contributed by atoms with Crippen LogP contribution in [0.4, 0.5) is 0 Å². The normalized spacial score (nSPS) is 15.2. The number of aliphatic hydroxyl groups excluding tert-OH is 2. The lowest BCUT2D eigenvalue weighted by atomic mass is 9.92. The van der Waals surface area contributed by atoms with E-state index in [2.05, 4.69) is 19.1 Å². The summed E-state index contributed by atoms with van der Waals surface area (Å²) in [4.78, 5) is 24.7. The lowest BCUT2D eigenvalue weighted by Gasteiger charge is -2.27. The highest BCUT2D eigenvalue weighted by molar-refractivity contribution is 5.80. The van der Waals surface area contributed by atoms with Crippen molar-refractivity contribution in [1.82, 2.24) is 0 Å². The summed E-state index contributed by atoms with van der Waals surface area (Å²) in [5.74, 6) is -1.43. The topological polar surface area (TPSA) is 93.1 Å². The minimum absolute atomic E-state index is 0.00559. The molecule has 1 aliphatic rings. The van der Waals surface area contributed by atoms with Crippen molar-refractivity contribution in [3.8, 4) is 0 Å². The maximum Gasteiger partial charge on any atom is 0.309 e. The first kappa shape index (κ1) is 68.6. The van der Waals surface area contributed by atoms with E-state index in [0.29, 0.717) is 6.42 Å². The van der Waals surface area contributed by atoms with Crippen molar-refractivity contribution >= 4 is 11.9 Å². The second-order valence-corrected chi connectivity index (χ2v) is 23.5. The Morgan fingerprint density at radius 3 is 0.861 bits per heavy atom. The molecule has 0 bridgehead atoms. The highest BCUT2D eigenvalue weighted by Gasteiger charge is 2.36. The maximum atomic E-state index is 12.5. The summed E-state index contributed by atoms with van der Waals surface area (Å²) in [6.07, 6.45) is 80.2. The zero-order chi connectivity index (χ0) is 51.8. The molecule has 1 unspecified atom stereocenters. The molecule has 6 heteroatoms. The van der Waals surface area contributed by atoms with Crippen LogP contribution in [0.3, 0.4) is 0 Å². The van der Waals surface area contributed by atoms with E-state index in [4.69, 9.17) is 9.47 Å². The van der Waals surface area contributed by atoms with Gasteiger partial charge in [-0.3, -0.25) is 9.59 Å². The molecule has 1 rings (SSSR count). The third kappa shape index (κ3) is 47.1. The van der Waals surface area contributed by atoms with Gasteiger partial charge < -0.3 is 19.7 Å². The Bertz CT molecular complexity index is 1130. The van der Waals surface area contributed by atoms with Gasteiger partial charge in [0.05, 0.1) is 31.0 Å². The Hall–Kier alpha value is -1.40. The molecule has 0 saturated carbocycles. The van der Waals surface area contributed by atoms with E-state index in [-0.39, 0.29) is 19.6 Å². The summed E-state index contributed by atoms with van der Waals surface area (Å²) in [5.41, 5.74) is -1.13. The van der Waals surface area contributed by atoms with E-state index in [0.717, 1.165) is 32.1 Å². The number of esters is 2. The number of rotatable bonds is 57. The number of aliphatic hydroxyl groups is 2. The fourth-order valence-corrected chi connectivity index (χ4v) is 10.9. The molecule has 0 aromatic carbocycles. The van der Waals surface area contributed by atoms with Crippen molar-refractivity contribution in [2.24, 2.45) is 11.3 Å². The molecule has 0 aromatic rings. The van der Waals surface area contributed by atoms with Gasteiger partial charge in [0, 0.05) is 0 Å². The first-order valence-electron chi connectivity index (χ1n) is 32.8. The molecular weight excluding hydrogens is 889 g/mol. The first-order valence-corrected chi connectivity index (χ1v) is 32.8. The minimum Gasteiger partial charge on any atom is -0.465 e. The van der Waals surface area contributed by atoms with Gasteiger partial charge in [0.1, 0.15) is 13.2 Å². The van der Waals surface area contributed by atoms with Crippen molar-refractivity contribution < 1.29 is 29.3 Å². The monoisotopic (exact) mass is 1010 g/mol. The summed E-state index contributed by atoms with van der Waals surface area (Å²) in [7, 11) is 0. The molecule has 2 N–H and O–H groups in total. The van der Waals surface area contributed by atoms with Crippen molar-refractivity contribution in [1.29, 1.82) is 0 Å². The van der Waals surface area contributed by atoms with Crippen LogP contribution in [0.5, 0.6) is 0 Å². The van der Waals surface area contributed by atoms with E-state index < -0.39 is 36.5 Å². The molecule has 1 fully saturated rings. The lowest BCUT2D eigenvalue weighted by Crippen LogP contribution is -2.40. The standard InChI is InChI=1S/C66H126O6/c1-2-3-4-5-6-7-8-9-10-11-12-13-14-15-16-17-18-19-20-21-22-23-24-25-26-27-28-29-30-31-32-33-34-35-36-37-38-39-40-41-42-43-44-45-46-47-48-49-50-51-52-53-54-55-56-57-63-58-64(69)71-61-66(59-67,60-68)62-72-65(63)70/h50-51,63,67-68H,2-49,52-62H2,1H3/b51-50+. The van der Waals surface area contributed by atoms with Gasteiger partial charge in [0.15, 0.2) is 0 Å². The van der Waals surface area contributed by atoms with Crippen LogP contribution in [0.25, 0.3) is 0 Å². The van der Waals surface area contributed by atoms with Gasteiger partial charge in [-0.2, -0.15) is 0 Å². The summed E-state index contributed by atoms with van der Waals surface area (Å²) in [6.45, 7) is 1.19. The predicted molar refractivity (Wildman–Crippen MR) is 311 cm³/mol. The molecule has 0 spiro atoms. The van der Waals surface area contributed by atoms with Crippen LogP contribution in [-0.4, -0.2) is 48.6 Å². The van der Waals surface area contributed by atoms with Gasteiger partial charge >= 0.3 is 11.9 Å². The number of ether oxygens (including phenoxy) is 2. The van der Waals surface area contributed by atoms with Crippen LogP contribution < -0.4 is 0 Å². The van der Waals surface area contributed by atoms with Crippen molar-refractivity contribution in [3.63, 3.8) is 0 Å². The smallest absolute Gasteiger partial charge is 0.309 e. The Morgan fingerprint density at radius 2 is 0.597 bits per heavy atom. The second kappa shape index (κ2) is 55.8. The largest absolute Gasteiger partial charge is 0.465 e. The van der Waals surface area contributed by atoms with E-state index in [1.165, 1.54) is 308 Å². The summed E-state index contributed by atoms with van der Waals surface area (Å²) in [5, 5.41) is 19.2. The molecule has 426 valence electrons.